The Hall–Kier alpha value is -1.78. The van der Waals surface area contributed by atoms with Crippen LogP contribution in [-0.2, 0) is 4.74 Å². The molecule has 0 spiro atoms. The van der Waals surface area contributed by atoms with Crippen molar-refractivity contribution >= 4 is 0 Å². The molecule has 0 aliphatic carbocycles. The summed E-state index contributed by atoms with van der Waals surface area (Å²) in [5.41, 5.74) is 9.49. The second-order valence-electron chi connectivity index (χ2n) is 5.38. The maximum Gasteiger partial charge on any atom is 0.174 e. The van der Waals surface area contributed by atoms with Crippen LogP contribution in [0.3, 0.4) is 0 Å². The van der Waals surface area contributed by atoms with Crippen molar-refractivity contribution in [2.24, 2.45) is 10.9 Å². The topological polar surface area (TPSA) is 67.9 Å². The van der Waals surface area contributed by atoms with E-state index in [1.165, 1.54) is 5.57 Å². The number of nitrogens with two attached hydrogens (primary N) is 1. The molecular weight excluding hydrogens is 266 g/mol. The molecule has 118 valence electrons. The van der Waals surface area contributed by atoms with Gasteiger partial charge in [0.2, 0.25) is 0 Å². The molecule has 0 aromatic carbocycles. The highest BCUT2D eigenvalue weighted by molar-refractivity contribution is 5.31. The summed E-state index contributed by atoms with van der Waals surface area (Å²) in [4.78, 5) is 12.3. The lowest BCUT2D eigenvalue weighted by atomic mass is 10.0. The van der Waals surface area contributed by atoms with Crippen LogP contribution >= 0.6 is 0 Å². The molecule has 21 heavy (non-hydrogen) atoms. The number of hydrogen-bond donors (Lipinski definition) is 1. The quantitative estimate of drug-likeness (QED) is 0.548. The standard InChI is InChI=1S/C16H27N3O2/c1-5-7-13(16(17)12(3)6-2)11-19(4)15-9-8-14(21-15)10-18-20/h8,11,15H,5-7,9-10,17H2,1-4H3/b13-11-,16-12?. The van der Waals surface area contributed by atoms with Gasteiger partial charge in [0.1, 0.15) is 12.3 Å². The summed E-state index contributed by atoms with van der Waals surface area (Å²) >= 11 is 0. The predicted molar refractivity (Wildman–Crippen MR) is 86.2 cm³/mol. The summed E-state index contributed by atoms with van der Waals surface area (Å²) in [6, 6.07) is 0. The van der Waals surface area contributed by atoms with Crippen LogP contribution < -0.4 is 5.73 Å². The molecule has 0 fully saturated rings. The highest BCUT2D eigenvalue weighted by Gasteiger charge is 2.21. The number of nitrogens with zero attached hydrogens (tertiary/aromatic N) is 2. The van der Waals surface area contributed by atoms with Crippen LogP contribution in [0.1, 0.15) is 46.5 Å². The highest BCUT2D eigenvalue weighted by Crippen LogP contribution is 2.23. The van der Waals surface area contributed by atoms with Crippen molar-refractivity contribution in [1.82, 2.24) is 4.90 Å². The minimum Gasteiger partial charge on any atom is -0.473 e. The van der Waals surface area contributed by atoms with E-state index in [0.29, 0.717) is 5.76 Å². The second-order valence-corrected chi connectivity index (χ2v) is 5.38. The Morgan fingerprint density at radius 1 is 1.57 bits per heavy atom. The average Bonchev–Trinajstić information content (AvgIpc) is 2.94. The first-order valence-electron chi connectivity index (χ1n) is 7.56. The van der Waals surface area contributed by atoms with Crippen LogP contribution in [0.25, 0.3) is 0 Å². The van der Waals surface area contributed by atoms with Gasteiger partial charge in [-0.1, -0.05) is 31.0 Å². The lowest BCUT2D eigenvalue weighted by molar-refractivity contribution is 0.0401. The number of hydrogen-bond acceptors (Lipinski definition) is 5. The lowest BCUT2D eigenvalue weighted by Crippen LogP contribution is -2.27. The summed E-state index contributed by atoms with van der Waals surface area (Å²) in [6.07, 6.45) is 7.60. The van der Waals surface area contributed by atoms with Gasteiger partial charge >= 0.3 is 0 Å². The first kappa shape index (κ1) is 17.3. The fraction of sp³-hybridized carbons (Fsp3) is 0.625. The van der Waals surface area contributed by atoms with Gasteiger partial charge in [-0.15, -0.1) is 0 Å². The van der Waals surface area contributed by atoms with E-state index >= 15 is 0 Å². The summed E-state index contributed by atoms with van der Waals surface area (Å²) in [7, 11) is 1.97. The summed E-state index contributed by atoms with van der Waals surface area (Å²) in [5, 5.41) is 2.86. The molecule has 1 atom stereocenters. The van der Waals surface area contributed by atoms with Gasteiger partial charge < -0.3 is 15.4 Å². The van der Waals surface area contributed by atoms with Crippen LogP contribution in [0.15, 0.2) is 40.1 Å². The third kappa shape index (κ3) is 4.92. The molecule has 2 N–H and O–H groups in total. The van der Waals surface area contributed by atoms with Crippen molar-refractivity contribution in [2.75, 3.05) is 13.6 Å². The Labute approximate surface area is 127 Å². The van der Waals surface area contributed by atoms with Crippen LogP contribution in [0.2, 0.25) is 0 Å². The molecular formula is C16H27N3O2. The minimum atomic E-state index is -0.0802. The van der Waals surface area contributed by atoms with Gasteiger partial charge in [0.25, 0.3) is 0 Å². The Balaban J connectivity index is 2.80. The fourth-order valence-electron chi connectivity index (χ4n) is 2.25. The van der Waals surface area contributed by atoms with Crippen molar-refractivity contribution in [2.45, 2.75) is 52.7 Å². The fourth-order valence-corrected chi connectivity index (χ4v) is 2.25. The van der Waals surface area contributed by atoms with E-state index in [2.05, 4.69) is 32.1 Å². The largest absolute Gasteiger partial charge is 0.473 e. The number of rotatable bonds is 8. The van der Waals surface area contributed by atoms with E-state index in [-0.39, 0.29) is 12.8 Å². The molecule has 0 saturated heterocycles. The summed E-state index contributed by atoms with van der Waals surface area (Å²) < 4.78 is 5.70. The first-order chi connectivity index (χ1) is 10.0. The number of ether oxygens (including phenoxy) is 1. The minimum absolute atomic E-state index is 0.0802. The summed E-state index contributed by atoms with van der Waals surface area (Å²) in [5.74, 6) is 0.653. The van der Waals surface area contributed by atoms with Crippen molar-refractivity contribution in [1.29, 1.82) is 0 Å². The van der Waals surface area contributed by atoms with Gasteiger partial charge in [-0.05, 0) is 31.4 Å². The Bertz CT molecular complexity index is 452. The van der Waals surface area contributed by atoms with Gasteiger partial charge in [0, 0.05) is 25.4 Å². The third-order valence-corrected chi connectivity index (χ3v) is 3.72. The van der Waals surface area contributed by atoms with E-state index in [9.17, 15) is 4.91 Å². The number of nitroso groups, excluding NO2 is 1. The van der Waals surface area contributed by atoms with Gasteiger partial charge in [-0.2, -0.15) is 4.91 Å². The van der Waals surface area contributed by atoms with E-state index in [4.69, 9.17) is 10.5 Å². The normalized spacial score (nSPS) is 19.7. The molecule has 5 nitrogen and oxygen atoms in total. The third-order valence-electron chi connectivity index (χ3n) is 3.72. The maximum atomic E-state index is 10.3. The molecule has 5 heteroatoms. The van der Waals surface area contributed by atoms with E-state index in [1.807, 2.05) is 18.0 Å². The molecule has 1 aliphatic rings. The molecule has 0 saturated carbocycles. The van der Waals surface area contributed by atoms with Crippen LogP contribution in [0.4, 0.5) is 0 Å². The average molecular weight is 293 g/mol. The summed E-state index contributed by atoms with van der Waals surface area (Å²) in [6.45, 7) is 6.43. The maximum absolute atomic E-state index is 10.3. The zero-order valence-corrected chi connectivity index (χ0v) is 13.6. The van der Waals surface area contributed by atoms with Crippen LogP contribution in [0, 0.1) is 4.91 Å². The van der Waals surface area contributed by atoms with Gasteiger partial charge in [-0.3, -0.25) is 0 Å². The van der Waals surface area contributed by atoms with E-state index in [1.54, 1.807) is 0 Å². The molecule has 1 aliphatic heterocycles. The molecule has 0 aromatic rings. The molecule has 1 heterocycles. The van der Waals surface area contributed by atoms with Crippen molar-refractivity contribution in [3.63, 3.8) is 0 Å². The van der Waals surface area contributed by atoms with Crippen molar-refractivity contribution < 1.29 is 4.74 Å². The highest BCUT2D eigenvalue weighted by atomic mass is 16.5. The van der Waals surface area contributed by atoms with Gasteiger partial charge in [0.15, 0.2) is 6.23 Å². The SMILES string of the molecule is CCC/C(=C/N(C)C1CC=C(CN=O)O1)C(N)=C(C)CC. The van der Waals surface area contributed by atoms with Crippen LogP contribution in [-0.4, -0.2) is 24.7 Å². The Morgan fingerprint density at radius 3 is 2.86 bits per heavy atom. The Kier molecular flexibility index (Phi) is 6.99. The van der Waals surface area contributed by atoms with E-state index in [0.717, 1.165) is 37.0 Å². The smallest absolute Gasteiger partial charge is 0.174 e. The molecule has 0 amide bonds. The second kappa shape index (κ2) is 8.49. The first-order valence-corrected chi connectivity index (χ1v) is 7.56. The van der Waals surface area contributed by atoms with Gasteiger partial charge in [-0.25, -0.2) is 0 Å². The van der Waals surface area contributed by atoms with Crippen molar-refractivity contribution in [3.05, 3.63) is 39.8 Å². The molecule has 1 rings (SSSR count). The monoisotopic (exact) mass is 293 g/mol. The lowest BCUT2D eigenvalue weighted by Gasteiger charge is -2.25. The zero-order valence-electron chi connectivity index (χ0n) is 13.6. The predicted octanol–water partition coefficient (Wildman–Crippen LogP) is 3.64. The van der Waals surface area contributed by atoms with Crippen LogP contribution in [0.5, 0.6) is 0 Å². The molecule has 1 unspecified atom stereocenters. The van der Waals surface area contributed by atoms with E-state index < -0.39 is 0 Å². The molecule has 0 aromatic heterocycles. The Morgan fingerprint density at radius 2 is 2.29 bits per heavy atom. The molecule has 0 radical (unpaired) electrons. The van der Waals surface area contributed by atoms with Crippen molar-refractivity contribution in [3.8, 4) is 0 Å². The number of allylic oxidation sites excluding steroid dienone is 2. The zero-order chi connectivity index (χ0) is 15.8. The molecule has 0 bridgehead atoms. The van der Waals surface area contributed by atoms with Gasteiger partial charge in [0.05, 0.1) is 0 Å².